The molecule has 1 aliphatic heterocycles. The number of hydrogen-bond donors (Lipinski definition) is 2. The fraction of sp³-hybridized carbons (Fsp3) is 0.120. The molecular weight excluding hydrogens is 508 g/mol. The Kier molecular flexibility index (Phi) is 6.77. The first-order valence-electron chi connectivity index (χ1n) is 10.5. The van der Waals surface area contributed by atoms with Crippen LogP contribution in [0, 0.1) is 0 Å². The number of rotatable bonds is 6. The maximum Gasteiger partial charge on any atom is 0.300 e. The quantitative estimate of drug-likeness (QED) is 0.283. The molecule has 0 saturated carbocycles. The second-order valence-electron chi connectivity index (χ2n) is 7.83. The first kappa shape index (κ1) is 25.2. The number of methoxy groups -OCH3 is 2. The van der Waals surface area contributed by atoms with Gasteiger partial charge >= 0.3 is 0 Å². The number of anilines is 1. The Morgan fingerprint density at radius 2 is 1.61 bits per heavy atom. The highest BCUT2D eigenvalue weighted by Crippen LogP contribution is 2.43. The molecule has 9 nitrogen and oxygen atoms in total. The molecule has 0 aliphatic carbocycles. The van der Waals surface area contributed by atoms with E-state index in [0.29, 0.717) is 16.3 Å². The Morgan fingerprint density at radius 3 is 2.17 bits per heavy atom. The zero-order chi connectivity index (χ0) is 26.2. The predicted octanol–water partition coefficient (Wildman–Crippen LogP) is 3.63. The van der Waals surface area contributed by atoms with E-state index in [4.69, 9.17) is 26.2 Å². The summed E-state index contributed by atoms with van der Waals surface area (Å²) < 4.78 is 33.8. The zero-order valence-electron chi connectivity index (χ0n) is 19.1. The predicted molar refractivity (Wildman–Crippen MR) is 134 cm³/mol. The number of aliphatic hydroxyl groups is 1. The third-order valence-electron chi connectivity index (χ3n) is 5.74. The molecule has 0 aromatic heterocycles. The van der Waals surface area contributed by atoms with Crippen molar-refractivity contribution in [2.24, 2.45) is 5.14 Å². The molecule has 1 aliphatic rings. The van der Waals surface area contributed by atoms with Crippen LogP contribution in [-0.4, -0.2) is 39.4 Å². The minimum atomic E-state index is -3.97. The Hall–Kier alpha value is -3.86. The second kappa shape index (κ2) is 9.65. The highest BCUT2D eigenvalue weighted by atomic mass is 35.5. The van der Waals surface area contributed by atoms with Crippen LogP contribution < -0.4 is 19.5 Å². The Labute approximate surface area is 212 Å². The number of halogens is 1. The first-order valence-corrected chi connectivity index (χ1v) is 12.4. The number of ketones is 1. The molecule has 0 spiro atoms. The zero-order valence-corrected chi connectivity index (χ0v) is 20.7. The minimum absolute atomic E-state index is 0.155. The van der Waals surface area contributed by atoms with Gasteiger partial charge in [0.25, 0.3) is 11.7 Å². The molecule has 1 atom stereocenters. The monoisotopic (exact) mass is 528 g/mol. The highest BCUT2D eigenvalue weighted by Gasteiger charge is 2.47. The van der Waals surface area contributed by atoms with Crippen LogP contribution in [0.5, 0.6) is 11.5 Å². The van der Waals surface area contributed by atoms with Gasteiger partial charge in [0.2, 0.25) is 10.0 Å². The molecule has 1 heterocycles. The van der Waals surface area contributed by atoms with Crippen molar-refractivity contribution in [1.82, 2.24) is 0 Å². The lowest BCUT2D eigenvalue weighted by molar-refractivity contribution is -0.132. The average molecular weight is 529 g/mol. The SMILES string of the molecule is COc1ccc(C2/C(=C(\O)c3ccc(Cl)c(OC)c3)C(=O)C(=O)N2c2ccc(S(N)(=O)=O)cc2)cc1. The number of Topliss-reactive ketones (excluding diaryl/α,β-unsaturated/α-hetero) is 1. The fourth-order valence-electron chi connectivity index (χ4n) is 3.96. The third-order valence-corrected chi connectivity index (χ3v) is 6.99. The Morgan fingerprint density at radius 1 is 0.972 bits per heavy atom. The summed E-state index contributed by atoms with van der Waals surface area (Å²) >= 11 is 6.10. The van der Waals surface area contributed by atoms with Crippen LogP contribution in [0.15, 0.2) is 77.2 Å². The second-order valence-corrected chi connectivity index (χ2v) is 9.80. The molecule has 1 saturated heterocycles. The summed E-state index contributed by atoms with van der Waals surface area (Å²) in [5.41, 5.74) is 0.799. The number of amides is 1. The van der Waals surface area contributed by atoms with Gasteiger partial charge in [0.1, 0.15) is 17.3 Å². The molecule has 3 aromatic carbocycles. The summed E-state index contributed by atoms with van der Waals surface area (Å²) in [7, 11) is -1.06. The number of nitrogens with zero attached hydrogens (tertiary/aromatic N) is 1. The van der Waals surface area contributed by atoms with Crippen molar-refractivity contribution in [2.75, 3.05) is 19.1 Å². The van der Waals surface area contributed by atoms with Crippen LogP contribution in [0.4, 0.5) is 5.69 Å². The number of aliphatic hydroxyl groups excluding tert-OH is 1. The van der Waals surface area contributed by atoms with Crippen LogP contribution in [0.1, 0.15) is 17.2 Å². The molecule has 0 radical (unpaired) electrons. The Bertz CT molecular complexity index is 1480. The van der Waals surface area contributed by atoms with Gasteiger partial charge in [0, 0.05) is 11.3 Å². The minimum Gasteiger partial charge on any atom is -0.507 e. The molecule has 1 fully saturated rings. The summed E-state index contributed by atoms with van der Waals surface area (Å²) in [6.45, 7) is 0. The lowest BCUT2D eigenvalue weighted by Gasteiger charge is -2.25. The lowest BCUT2D eigenvalue weighted by atomic mass is 9.95. The number of ether oxygens (including phenoxy) is 2. The van der Waals surface area contributed by atoms with Crippen molar-refractivity contribution < 1.29 is 32.6 Å². The van der Waals surface area contributed by atoms with Gasteiger partial charge in [-0.1, -0.05) is 23.7 Å². The standard InChI is InChI=1S/C25H21ClN2O7S/c1-34-17-8-3-14(4-9-17)22-21(23(29)15-5-12-19(26)20(13-15)35-2)24(30)25(31)28(22)16-6-10-18(11-7-16)36(27,32)33/h3-13,22,29H,1-2H3,(H2,27,32,33)/b23-21+. The van der Waals surface area contributed by atoms with E-state index in [9.17, 15) is 23.1 Å². The molecule has 4 rings (SSSR count). The normalized spacial score (nSPS) is 17.3. The van der Waals surface area contributed by atoms with E-state index in [1.807, 2.05) is 0 Å². The van der Waals surface area contributed by atoms with Crippen molar-refractivity contribution in [3.8, 4) is 11.5 Å². The van der Waals surface area contributed by atoms with Crippen LogP contribution >= 0.6 is 11.6 Å². The van der Waals surface area contributed by atoms with Gasteiger partial charge in [0.05, 0.1) is 35.8 Å². The highest BCUT2D eigenvalue weighted by molar-refractivity contribution is 7.89. The van der Waals surface area contributed by atoms with Gasteiger partial charge < -0.3 is 14.6 Å². The number of nitrogens with two attached hydrogens (primary N) is 1. The van der Waals surface area contributed by atoms with Crippen LogP contribution in [0.25, 0.3) is 5.76 Å². The van der Waals surface area contributed by atoms with Gasteiger partial charge in [-0.05, 0) is 60.2 Å². The van der Waals surface area contributed by atoms with E-state index in [0.717, 1.165) is 0 Å². The maximum absolute atomic E-state index is 13.3. The van der Waals surface area contributed by atoms with Crippen LogP contribution in [0.2, 0.25) is 5.02 Å². The number of sulfonamides is 1. The Balaban J connectivity index is 1.92. The summed E-state index contributed by atoms with van der Waals surface area (Å²) in [5, 5.41) is 16.7. The van der Waals surface area contributed by atoms with E-state index in [-0.39, 0.29) is 27.5 Å². The molecule has 11 heteroatoms. The number of carbonyl (C=O) groups is 2. The van der Waals surface area contributed by atoms with Gasteiger partial charge in [-0.3, -0.25) is 14.5 Å². The van der Waals surface area contributed by atoms with E-state index >= 15 is 0 Å². The topological polar surface area (TPSA) is 136 Å². The van der Waals surface area contributed by atoms with Crippen molar-refractivity contribution in [3.63, 3.8) is 0 Å². The van der Waals surface area contributed by atoms with Gasteiger partial charge in [-0.15, -0.1) is 0 Å². The summed E-state index contributed by atoms with van der Waals surface area (Å²) in [4.78, 5) is 27.5. The third kappa shape index (κ3) is 4.53. The van der Waals surface area contributed by atoms with Gasteiger partial charge in [-0.2, -0.15) is 0 Å². The summed E-state index contributed by atoms with van der Waals surface area (Å²) in [6, 6.07) is 15.3. The average Bonchev–Trinajstić information content (AvgIpc) is 3.13. The molecule has 3 N–H and O–H groups in total. The van der Waals surface area contributed by atoms with Crippen LogP contribution in [0.3, 0.4) is 0 Å². The largest absolute Gasteiger partial charge is 0.507 e. The van der Waals surface area contributed by atoms with E-state index in [1.54, 1.807) is 24.3 Å². The maximum atomic E-state index is 13.3. The molecule has 36 heavy (non-hydrogen) atoms. The van der Waals surface area contributed by atoms with E-state index in [2.05, 4.69) is 0 Å². The number of primary sulfonamides is 1. The lowest BCUT2D eigenvalue weighted by Crippen LogP contribution is -2.29. The van der Waals surface area contributed by atoms with Crippen LogP contribution in [-0.2, 0) is 19.6 Å². The smallest absolute Gasteiger partial charge is 0.300 e. The molecule has 1 amide bonds. The molecular formula is C25H21ClN2O7S. The number of hydrogen-bond acceptors (Lipinski definition) is 7. The number of benzene rings is 3. The van der Waals surface area contributed by atoms with Crippen molar-refractivity contribution in [2.45, 2.75) is 10.9 Å². The first-order chi connectivity index (χ1) is 17.1. The summed E-state index contributed by atoms with van der Waals surface area (Å²) in [6.07, 6.45) is 0. The van der Waals surface area contributed by atoms with Gasteiger partial charge in [0.15, 0.2) is 0 Å². The summed E-state index contributed by atoms with van der Waals surface area (Å²) in [5.74, 6) is -1.42. The molecule has 1 unspecified atom stereocenters. The van der Waals surface area contributed by atoms with Crippen molar-refractivity contribution in [3.05, 3.63) is 88.5 Å². The number of carbonyl (C=O) groups excluding carboxylic acids is 2. The van der Waals surface area contributed by atoms with Crippen molar-refractivity contribution in [1.29, 1.82) is 0 Å². The molecule has 186 valence electrons. The fourth-order valence-corrected chi connectivity index (χ4v) is 4.67. The van der Waals surface area contributed by atoms with Crippen molar-refractivity contribution >= 4 is 44.8 Å². The van der Waals surface area contributed by atoms with E-state index in [1.165, 1.54) is 61.6 Å². The van der Waals surface area contributed by atoms with Gasteiger partial charge in [-0.25, -0.2) is 13.6 Å². The molecule has 0 bridgehead atoms. The van der Waals surface area contributed by atoms with E-state index < -0.39 is 33.5 Å². The molecule has 3 aromatic rings.